The van der Waals surface area contributed by atoms with Crippen LogP contribution in [0.2, 0.25) is 0 Å². The monoisotopic (exact) mass is 424 g/mol. The SMILES string of the molecule is CCc1ccccc1-n1c(SCC(=O)NNC(=O)C(C)C)nnc1-c1cccnc1. The zero-order valence-electron chi connectivity index (χ0n) is 17.1. The summed E-state index contributed by atoms with van der Waals surface area (Å²) in [6.07, 6.45) is 4.28. The van der Waals surface area contributed by atoms with E-state index in [1.807, 2.05) is 34.9 Å². The molecule has 0 aliphatic rings. The molecule has 30 heavy (non-hydrogen) atoms. The molecule has 2 heterocycles. The van der Waals surface area contributed by atoms with Gasteiger partial charge in [-0.25, -0.2) is 0 Å². The number of pyridine rings is 1. The van der Waals surface area contributed by atoms with Crippen molar-refractivity contribution >= 4 is 23.6 Å². The van der Waals surface area contributed by atoms with Gasteiger partial charge in [-0.15, -0.1) is 10.2 Å². The van der Waals surface area contributed by atoms with Crippen molar-refractivity contribution in [1.82, 2.24) is 30.6 Å². The summed E-state index contributed by atoms with van der Waals surface area (Å²) < 4.78 is 1.94. The fourth-order valence-corrected chi connectivity index (χ4v) is 3.48. The molecule has 0 saturated carbocycles. The molecular weight excluding hydrogens is 400 g/mol. The summed E-state index contributed by atoms with van der Waals surface area (Å²) in [7, 11) is 0. The highest BCUT2D eigenvalue weighted by Gasteiger charge is 2.19. The van der Waals surface area contributed by atoms with E-state index in [1.54, 1.807) is 26.2 Å². The number of rotatable bonds is 7. The Morgan fingerprint density at radius 2 is 1.90 bits per heavy atom. The van der Waals surface area contributed by atoms with Crippen LogP contribution in [0.15, 0.2) is 53.9 Å². The van der Waals surface area contributed by atoms with E-state index in [1.165, 1.54) is 11.8 Å². The predicted octanol–water partition coefficient (Wildman–Crippen LogP) is 2.79. The van der Waals surface area contributed by atoms with Crippen LogP contribution < -0.4 is 10.9 Å². The molecule has 9 heteroatoms. The zero-order chi connectivity index (χ0) is 21.5. The summed E-state index contributed by atoms with van der Waals surface area (Å²) in [5, 5.41) is 9.27. The molecule has 0 saturated heterocycles. The van der Waals surface area contributed by atoms with Crippen molar-refractivity contribution < 1.29 is 9.59 Å². The Bertz CT molecular complexity index is 1020. The number of para-hydroxylation sites is 1. The van der Waals surface area contributed by atoms with Gasteiger partial charge in [0.2, 0.25) is 11.8 Å². The van der Waals surface area contributed by atoms with Crippen LogP contribution in [-0.2, 0) is 16.0 Å². The molecule has 0 radical (unpaired) electrons. The van der Waals surface area contributed by atoms with Gasteiger partial charge in [0, 0.05) is 23.9 Å². The highest BCUT2D eigenvalue weighted by molar-refractivity contribution is 7.99. The van der Waals surface area contributed by atoms with Crippen LogP contribution >= 0.6 is 11.8 Å². The number of aryl methyl sites for hydroxylation is 1. The lowest BCUT2D eigenvalue weighted by Crippen LogP contribution is -2.44. The van der Waals surface area contributed by atoms with Crippen LogP contribution in [0.3, 0.4) is 0 Å². The molecule has 2 N–H and O–H groups in total. The zero-order valence-corrected chi connectivity index (χ0v) is 17.9. The Labute approximate surface area is 179 Å². The number of thioether (sulfide) groups is 1. The smallest absolute Gasteiger partial charge is 0.248 e. The number of hydrogen-bond donors (Lipinski definition) is 2. The van der Waals surface area contributed by atoms with Gasteiger partial charge in [-0.3, -0.25) is 30.0 Å². The predicted molar refractivity (Wildman–Crippen MR) is 116 cm³/mol. The minimum Gasteiger partial charge on any atom is -0.273 e. The van der Waals surface area contributed by atoms with E-state index in [9.17, 15) is 9.59 Å². The average Bonchev–Trinajstić information content (AvgIpc) is 3.20. The quantitative estimate of drug-likeness (QED) is 0.447. The summed E-state index contributed by atoms with van der Waals surface area (Å²) in [6.45, 7) is 5.60. The van der Waals surface area contributed by atoms with E-state index < -0.39 is 0 Å². The Morgan fingerprint density at radius 3 is 2.60 bits per heavy atom. The van der Waals surface area contributed by atoms with Gasteiger partial charge in [-0.1, -0.05) is 50.7 Å². The van der Waals surface area contributed by atoms with E-state index >= 15 is 0 Å². The van der Waals surface area contributed by atoms with Gasteiger partial charge in [-0.05, 0) is 30.2 Å². The Balaban J connectivity index is 1.87. The minimum atomic E-state index is -0.324. The normalized spacial score (nSPS) is 10.8. The second-order valence-corrected chi connectivity index (χ2v) is 7.79. The first-order valence-corrected chi connectivity index (χ1v) is 10.7. The fraction of sp³-hybridized carbons (Fsp3) is 0.286. The van der Waals surface area contributed by atoms with Crippen molar-refractivity contribution in [3.63, 3.8) is 0 Å². The topological polar surface area (TPSA) is 102 Å². The molecule has 0 aliphatic carbocycles. The molecule has 1 aromatic carbocycles. The number of hydrogen-bond acceptors (Lipinski definition) is 6. The van der Waals surface area contributed by atoms with Crippen molar-refractivity contribution in [2.24, 2.45) is 5.92 Å². The van der Waals surface area contributed by atoms with Crippen molar-refractivity contribution in [2.45, 2.75) is 32.3 Å². The highest BCUT2D eigenvalue weighted by Crippen LogP contribution is 2.29. The minimum absolute atomic E-state index is 0.0812. The molecule has 8 nitrogen and oxygen atoms in total. The lowest BCUT2D eigenvalue weighted by Gasteiger charge is -2.14. The van der Waals surface area contributed by atoms with Gasteiger partial charge < -0.3 is 0 Å². The molecule has 2 amide bonds. The lowest BCUT2D eigenvalue weighted by molar-refractivity contribution is -0.129. The summed E-state index contributed by atoms with van der Waals surface area (Å²) in [6, 6.07) is 11.8. The Kier molecular flexibility index (Phi) is 7.18. The Morgan fingerprint density at radius 1 is 1.10 bits per heavy atom. The molecule has 3 aromatic rings. The van der Waals surface area contributed by atoms with E-state index in [4.69, 9.17) is 0 Å². The van der Waals surface area contributed by atoms with Gasteiger partial charge in [0.1, 0.15) is 0 Å². The summed E-state index contributed by atoms with van der Waals surface area (Å²) in [4.78, 5) is 28.0. The number of carbonyl (C=O) groups is 2. The number of nitrogens with zero attached hydrogens (tertiary/aromatic N) is 4. The first kappa shape index (κ1) is 21.5. The van der Waals surface area contributed by atoms with Crippen LogP contribution in [0.1, 0.15) is 26.3 Å². The van der Waals surface area contributed by atoms with Crippen LogP contribution in [0, 0.1) is 5.92 Å². The second-order valence-electron chi connectivity index (χ2n) is 6.85. The number of benzene rings is 1. The molecule has 0 aliphatic heterocycles. The fourth-order valence-electron chi connectivity index (χ4n) is 2.73. The second kappa shape index (κ2) is 10.0. The highest BCUT2D eigenvalue weighted by atomic mass is 32.2. The van der Waals surface area contributed by atoms with E-state index in [2.05, 4.69) is 39.0 Å². The molecule has 0 atom stereocenters. The first-order valence-electron chi connectivity index (χ1n) is 9.66. The van der Waals surface area contributed by atoms with Crippen molar-refractivity contribution in [1.29, 1.82) is 0 Å². The van der Waals surface area contributed by atoms with Crippen LogP contribution in [-0.4, -0.2) is 37.3 Å². The lowest BCUT2D eigenvalue weighted by atomic mass is 10.1. The molecule has 2 aromatic heterocycles. The molecule has 0 fully saturated rings. The third-order valence-corrected chi connectivity index (χ3v) is 5.28. The standard InChI is InChI=1S/C21H24N6O2S/c1-4-15-8-5-6-10-17(15)27-19(16-9-7-11-22-12-16)24-26-21(27)30-13-18(28)23-25-20(29)14(2)3/h5-12,14H,4,13H2,1-3H3,(H,23,28)(H,25,29). The van der Waals surface area contributed by atoms with Crippen LogP contribution in [0.4, 0.5) is 0 Å². The molecular formula is C21H24N6O2S. The van der Waals surface area contributed by atoms with E-state index in [0.29, 0.717) is 11.0 Å². The van der Waals surface area contributed by atoms with Crippen molar-refractivity contribution in [3.8, 4) is 17.1 Å². The Hall–Kier alpha value is -3.20. The third kappa shape index (κ3) is 5.04. The number of amides is 2. The van der Waals surface area contributed by atoms with Crippen molar-refractivity contribution in [2.75, 3.05) is 5.75 Å². The maximum atomic E-state index is 12.2. The van der Waals surface area contributed by atoms with Gasteiger partial charge in [-0.2, -0.15) is 0 Å². The molecule has 0 bridgehead atoms. The summed E-state index contributed by atoms with van der Waals surface area (Å²) >= 11 is 1.25. The molecule has 156 valence electrons. The van der Waals surface area contributed by atoms with Gasteiger partial charge >= 0.3 is 0 Å². The maximum Gasteiger partial charge on any atom is 0.248 e. The molecule has 0 unspecified atom stereocenters. The van der Waals surface area contributed by atoms with Gasteiger partial charge in [0.25, 0.3) is 0 Å². The molecule has 0 spiro atoms. The third-order valence-electron chi connectivity index (χ3n) is 4.35. The number of aromatic nitrogens is 4. The van der Waals surface area contributed by atoms with Crippen molar-refractivity contribution in [3.05, 3.63) is 54.4 Å². The van der Waals surface area contributed by atoms with E-state index in [0.717, 1.165) is 23.2 Å². The molecule has 3 rings (SSSR count). The average molecular weight is 425 g/mol. The number of carbonyl (C=O) groups excluding carboxylic acids is 2. The summed E-state index contributed by atoms with van der Waals surface area (Å²) in [5.41, 5.74) is 7.76. The largest absolute Gasteiger partial charge is 0.273 e. The van der Waals surface area contributed by atoms with Crippen LogP contribution in [0.5, 0.6) is 0 Å². The maximum absolute atomic E-state index is 12.2. The number of nitrogens with one attached hydrogen (secondary N) is 2. The van der Waals surface area contributed by atoms with Gasteiger partial charge in [0.05, 0.1) is 11.4 Å². The summed E-state index contributed by atoms with van der Waals surface area (Å²) in [5.74, 6) is -0.0474. The number of hydrazine groups is 1. The van der Waals surface area contributed by atoms with E-state index in [-0.39, 0.29) is 23.5 Å². The van der Waals surface area contributed by atoms with Crippen LogP contribution in [0.25, 0.3) is 17.1 Å². The first-order chi connectivity index (χ1) is 14.5. The van der Waals surface area contributed by atoms with Gasteiger partial charge in [0.15, 0.2) is 11.0 Å².